The molecule has 0 aliphatic carbocycles. The number of hydrogen-bond acceptors (Lipinski definition) is 3. The molecule has 1 rings (SSSR count). The van der Waals surface area contributed by atoms with E-state index >= 15 is 0 Å². The summed E-state index contributed by atoms with van der Waals surface area (Å²) < 4.78 is 19.0. The molecule has 0 saturated carbocycles. The Bertz CT molecular complexity index is 489. The number of benzene rings is 1. The summed E-state index contributed by atoms with van der Waals surface area (Å²) in [7, 11) is 1.42. The largest absolute Gasteiger partial charge is 0.495 e. The summed E-state index contributed by atoms with van der Waals surface area (Å²) in [6.45, 7) is 5.82. The summed E-state index contributed by atoms with van der Waals surface area (Å²) >= 11 is 3.03. The zero-order chi connectivity index (χ0) is 14.1. The molecule has 0 aliphatic heterocycles. The van der Waals surface area contributed by atoms with Crippen LogP contribution in [0.25, 0.3) is 0 Å². The number of halogens is 2. The summed E-state index contributed by atoms with van der Waals surface area (Å²) in [5.74, 6) is -0.600. The number of hydrogen-bond donors (Lipinski definition) is 0. The summed E-state index contributed by atoms with van der Waals surface area (Å²) in [4.78, 5) is 10.1. The third-order valence-electron chi connectivity index (χ3n) is 3.16. The predicted molar refractivity (Wildman–Crippen MR) is 70.6 cm³/mol. The third kappa shape index (κ3) is 2.48. The highest BCUT2D eigenvalue weighted by Crippen LogP contribution is 2.43. The molecule has 0 unspecified atom stereocenters. The molecule has 18 heavy (non-hydrogen) atoms. The molecule has 0 atom stereocenters. The second-order valence-electron chi connectivity index (χ2n) is 4.60. The minimum Gasteiger partial charge on any atom is -0.495 e. The fourth-order valence-electron chi connectivity index (χ4n) is 1.62. The average Bonchev–Trinajstić information content (AvgIpc) is 2.31. The van der Waals surface area contributed by atoms with E-state index in [1.807, 2.05) is 20.8 Å². The smallest absolute Gasteiger partial charge is 0.306 e. The van der Waals surface area contributed by atoms with Crippen LogP contribution >= 0.6 is 15.9 Å². The normalized spacial score (nSPS) is 11.4. The lowest BCUT2D eigenvalue weighted by atomic mass is 9.81. The Morgan fingerprint density at radius 2 is 2.11 bits per heavy atom. The van der Waals surface area contributed by atoms with Gasteiger partial charge >= 0.3 is 5.69 Å². The van der Waals surface area contributed by atoms with Crippen LogP contribution in [0.2, 0.25) is 0 Å². The van der Waals surface area contributed by atoms with Crippen LogP contribution in [-0.4, -0.2) is 12.0 Å². The van der Waals surface area contributed by atoms with Crippen LogP contribution in [-0.2, 0) is 5.41 Å². The Labute approximate surface area is 113 Å². The van der Waals surface area contributed by atoms with Gasteiger partial charge in [-0.1, -0.05) is 20.8 Å². The first-order chi connectivity index (χ1) is 8.26. The molecular weight excluding hydrogens is 305 g/mol. The molecule has 0 amide bonds. The minimum atomic E-state index is -0.910. The van der Waals surface area contributed by atoms with Gasteiger partial charge in [0.25, 0.3) is 0 Å². The Morgan fingerprint density at radius 1 is 1.56 bits per heavy atom. The molecule has 0 aromatic heterocycles. The van der Waals surface area contributed by atoms with Crippen molar-refractivity contribution in [3.63, 3.8) is 0 Å². The number of ether oxygens (including phenoxy) is 1. The standard InChI is InChI=1S/C12H15BrFNO3/c1-5-12(2,3)7-6-8(15(16)17)10(14)9(13)11(7)18-4/h6H,5H2,1-4H3. The quantitative estimate of drug-likeness (QED) is 0.617. The molecule has 6 heteroatoms. The van der Waals surface area contributed by atoms with Gasteiger partial charge in [0, 0.05) is 11.6 Å². The van der Waals surface area contributed by atoms with Gasteiger partial charge in [0.1, 0.15) is 10.2 Å². The molecule has 0 fully saturated rings. The van der Waals surface area contributed by atoms with Crippen molar-refractivity contribution in [3.05, 3.63) is 32.0 Å². The van der Waals surface area contributed by atoms with E-state index < -0.39 is 16.4 Å². The molecule has 0 radical (unpaired) electrons. The van der Waals surface area contributed by atoms with Crippen molar-refractivity contribution >= 4 is 21.6 Å². The summed E-state index contributed by atoms with van der Waals surface area (Å²) in [6.07, 6.45) is 0.749. The maximum Gasteiger partial charge on any atom is 0.306 e. The van der Waals surface area contributed by atoms with E-state index in [0.717, 1.165) is 6.42 Å². The van der Waals surface area contributed by atoms with E-state index in [4.69, 9.17) is 4.74 Å². The van der Waals surface area contributed by atoms with E-state index in [9.17, 15) is 14.5 Å². The topological polar surface area (TPSA) is 52.4 Å². The molecule has 1 aromatic carbocycles. The van der Waals surface area contributed by atoms with Crippen molar-refractivity contribution < 1.29 is 14.1 Å². The second-order valence-corrected chi connectivity index (χ2v) is 5.39. The fraction of sp³-hybridized carbons (Fsp3) is 0.500. The highest BCUT2D eigenvalue weighted by atomic mass is 79.9. The van der Waals surface area contributed by atoms with Crippen molar-refractivity contribution in [2.45, 2.75) is 32.6 Å². The van der Waals surface area contributed by atoms with Gasteiger partial charge in [-0.15, -0.1) is 0 Å². The highest BCUT2D eigenvalue weighted by molar-refractivity contribution is 9.10. The van der Waals surface area contributed by atoms with Crippen LogP contribution in [0.15, 0.2) is 10.5 Å². The second kappa shape index (κ2) is 5.22. The average molecular weight is 320 g/mol. The maximum atomic E-state index is 13.8. The number of nitrogens with zero attached hydrogens (tertiary/aromatic N) is 1. The molecule has 0 heterocycles. The Hall–Kier alpha value is -1.17. The first-order valence-corrected chi connectivity index (χ1v) is 6.26. The Kier molecular flexibility index (Phi) is 4.32. The number of nitro groups is 1. The van der Waals surface area contributed by atoms with E-state index in [2.05, 4.69) is 15.9 Å². The van der Waals surface area contributed by atoms with Crippen LogP contribution < -0.4 is 4.74 Å². The molecule has 100 valence electrons. The van der Waals surface area contributed by atoms with Crippen molar-refractivity contribution in [2.24, 2.45) is 0 Å². The van der Waals surface area contributed by atoms with Gasteiger partial charge in [-0.2, -0.15) is 4.39 Å². The molecule has 4 nitrogen and oxygen atoms in total. The van der Waals surface area contributed by atoms with Gasteiger partial charge in [0.2, 0.25) is 5.82 Å². The molecule has 0 saturated heterocycles. The lowest BCUT2D eigenvalue weighted by molar-refractivity contribution is -0.387. The van der Waals surface area contributed by atoms with Crippen molar-refractivity contribution in [1.29, 1.82) is 0 Å². The third-order valence-corrected chi connectivity index (χ3v) is 3.86. The molecule has 1 aromatic rings. The number of rotatable bonds is 4. The van der Waals surface area contributed by atoms with Crippen LogP contribution in [0.5, 0.6) is 5.75 Å². The van der Waals surface area contributed by atoms with Crippen molar-refractivity contribution in [1.82, 2.24) is 0 Å². The SMILES string of the molecule is CCC(C)(C)c1cc([N+](=O)[O-])c(F)c(Br)c1OC. The van der Waals surface area contributed by atoms with E-state index in [1.54, 1.807) is 0 Å². The molecule has 0 aliphatic rings. The zero-order valence-corrected chi connectivity index (χ0v) is 12.3. The minimum absolute atomic E-state index is 0.00396. The van der Waals surface area contributed by atoms with Gasteiger partial charge in [-0.3, -0.25) is 10.1 Å². The first-order valence-electron chi connectivity index (χ1n) is 5.47. The van der Waals surface area contributed by atoms with Crippen LogP contribution in [0.3, 0.4) is 0 Å². The Balaban J connectivity index is 3.65. The van der Waals surface area contributed by atoms with E-state index in [0.29, 0.717) is 11.3 Å². The van der Waals surface area contributed by atoms with Gasteiger partial charge in [0.05, 0.1) is 12.0 Å². The van der Waals surface area contributed by atoms with E-state index in [1.165, 1.54) is 13.2 Å². The lowest BCUT2D eigenvalue weighted by Gasteiger charge is -2.26. The van der Waals surface area contributed by atoms with E-state index in [-0.39, 0.29) is 9.89 Å². The zero-order valence-electron chi connectivity index (χ0n) is 10.7. The molecule has 0 N–H and O–H groups in total. The summed E-state index contributed by atoms with van der Waals surface area (Å²) in [5, 5.41) is 10.8. The first kappa shape index (κ1) is 14.9. The van der Waals surface area contributed by atoms with Gasteiger partial charge in [-0.05, 0) is 27.8 Å². The number of nitro benzene ring substituents is 1. The monoisotopic (exact) mass is 319 g/mol. The molecule has 0 bridgehead atoms. The Morgan fingerprint density at radius 3 is 2.50 bits per heavy atom. The molecule has 0 spiro atoms. The lowest BCUT2D eigenvalue weighted by Crippen LogP contribution is -2.18. The maximum absolute atomic E-state index is 13.8. The fourth-order valence-corrected chi connectivity index (χ4v) is 2.20. The van der Waals surface area contributed by atoms with Gasteiger partial charge in [-0.25, -0.2) is 0 Å². The van der Waals surface area contributed by atoms with Crippen molar-refractivity contribution in [3.8, 4) is 5.75 Å². The van der Waals surface area contributed by atoms with Crippen LogP contribution in [0.4, 0.5) is 10.1 Å². The van der Waals surface area contributed by atoms with Crippen molar-refractivity contribution in [2.75, 3.05) is 7.11 Å². The summed E-state index contributed by atoms with van der Waals surface area (Å²) in [5.41, 5.74) is -0.265. The highest BCUT2D eigenvalue weighted by Gasteiger charge is 2.31. The molecular formula is C12H15BrFNO3. The predicted octanol–water partition coefficient (Wildman–Crippen LogP) is 4.19. The number of methoxy groups -OCH3 is 1. The van der Waals surface area contributed by atoms with Gasteiger partial charge < -0.3 is 4.74 Å². The van der Waals surface area contributed by atoms with Crippen LogP contribution in [0, 0.1) is 15.9 Å². The van der Waals surface area contributed by atoms with Gasteiger partial charge in [0.15, 0.2) is 0 Å². The van der Waals surface area contributed by atoms with Crippen LogP contribution in [0.1, 0.15) is 32.8 Å². The summed E-state index contributed by atoms with van der Waals surface area (Å²) in [6, 6.07) is 1.25.